The summed E-state index contributed by atoms with van der Waals surface area (Å²) in [4.78, 5) is 0. The first kappa shape index (κ1) is 8.76. The predicted octanol–water partition coefficient (Wildman–Crippen LogP) is 2.50. The van der Waals surface area contributed by atoms with Gasteiger partial charge in [0.1, 0.15) is 0 Å². The molecule has 0 amide bonds. The molecule has 0 N–H and O–H groups in total. The second-order valence-electron chi connectivity index (χ2n) is 4.02. The maximum absolute atomic E-state index is 2.44. The van der Waals surface area contributed by atoms with E-state index in [9.17, 15) is 0 Å². The monoisotopic (exact) mass is 260 g/mol. The van der Waals surface area contributed by atoms with Gasteiger partial charge in [0.05, 0.1) is 0 Å². The molecule has 0 aliphatic rings. The summed E-state index contributed by atoms with van der Waals surface area (Å²) in [6, 6.07) is 4.70. The third-order valence-corrected chi connectivity index (χ3v) is 11.2. The molecule has 2 aromatic heterocycles. The van der Waals surface area contributed by atoms with Crippen LogP contribution in [-0.4, -0.2) is 22.6 Å². The van der Waals surface area contributed by atoms with Gasteiger partial charge in [-0.3, -0.25) is 0 Å². The van der Waals surface area contributed by atoms with Gasteiger partial charge in [0.2, 0.25) is 0 Å². The van der Waals surface area contributed by atoms with Crippen LogP contribution in [0.15, 0.2) is 17.5 Å². The zero-order chi connectivity index (χ0) is 8.77. The fraction of sp³-hybridized carbons (Fsp3) is 0.333. The van der Waals surface area contributed by atoms with Gasteiger partial charge in [-0.2, -0.15) is 0 Å². The zero-order valence-electron chi connectivity index (χ0n) is 7.55. The second-order valence-corrected chi connectivity index (χ2v) is 13.6. The van der Waals surface area contributed by atoms with Crippen LogP contribution in [0.4, 0.5) is 0 Å². The number of hydrogen-bond donors (Lipinski definition) is 0. The normalized spacial score (nSPS) is 12.6. The predicted molar refractivity (Wildman–Crippen MR) is 61.7 cm³/mol. The van der Waals surface area contributed by atoms with Crippen molar-refractivity contribution in [2.75, 3.05) is 0 Å². The van der Waals surface area contributed by atoms with Crippen molar-refractivity contribution in [3.05, 3.63) is 17.5 Å². The molecule has 0 fully saturated rings. The van der Waals surface area contributed by atoms with Gasteiger partial charge in [-0.1, -0.05) is 0 Å². The van der Waals surface area contributed by atoms with Crippen molar-refractivity contribution in [1.82, 2.24) is 0 Å². The molecule has 12 heavy (non-hydrogen) atoms. The Hall–Kier alpha value is 0.176. The van der Waals surface area contributed by atoms with Gasteiger partial charge in [-0.15, -0.1) is 0 Å². The molecular weight excluding hydrogens is 247 g/mol. The van der Waals surface area contributed by atoms with Crippen LogP contribution >= 0.6 is 11.3 Å². The first-order chi connectivity index (χ1) is 5.57. The van der Waals surface area contributed by atoms with Crippen molar-refractivity contribution in [2.24, 2.45) is 0 Å². The molecule has 64 valence electrons. The number of hydrogen-bond acceptors (Lipinski definition) is 1. The minimum absolute atomic E-state index is 0.675. The minimum atomic E-state index is -0.990. The summed E-state index contributed by atoms with van der Waals surface area (Å²) in [6.45, 7) is 7.32. The third kappa shape index (κ3) is 1.47. The molecule has 0 saturated carbocycles. The topological polar surface area (TPSA) is 0 Å². The van der Waals surface area contributed by atoms with E-state index >= 15 is 0 Å². The van der Waals surface area contributed by atoms with Crippen molar-refractivity contribution in [3.63, 3.8) is 0 Å². The van der Waals surface area contributed by atoms with Gasteiger partial charge in [0.25, 0.3) is 0 Å². The molecule has 0 aliphatic heterocycles. The van der Waals surface area contributed by atoms with Crippen LogP contribution in [0, 0.1) is 0 Å². The first-order valence-electron chi connectivity index (χ1n) is 4.05. The van der Waals surface area contributed by atoms with Crippen molar-refractivity contribution >= 4 is 46.9 Å². The van der Waals surface area contributed by atoms with Crippen molar-refractivity contribution < 1.29 is 0 Å². The van der Waals surface area contributed by atoms with E-state index in [0.29, 0.717) is 14.5 Å². The Morgan fingerprint density at radius 3 is 2.67 bits per heavy atom. The molecule has 0 atom stereocenters. The fourth-order valence-electron chi connectivity index (χ4n) is 1.14. The van der Waals surface area contributed by atoms with Crippen molar-refractivity contribution in [3.8, 4) is 0 Å². The Bertz CT molecular complexity index is 365. The third-order valence-electron chi connectivity index (χ3n) is 1.89. The van der Waals surface area contributed by atoms with Gasteiger partial charge in [-0.25, -0.2) is 0 Å². The van der Waals surface area contributed by atoms with E-state index in [1.165, 1.54) is 5.39 Å². The molecule has 0 bridgehead atoms. The molecule has 3 heteroatoms. The van der Waals surface area contributed by atoms with Gasteiger partial charge in [0.15, 0.2) is 0 Å². The summed E-state index contributed by atoms with van der Waals surface area (Å²) >= 11 is 2.60. The first-order valence-corrected chi connectivity index (χ1v) is 10.1. The van der Waals surface area contributed by atoms with Crippen LogP contribution in [0.25, 0.3) is 8.96 Å². The van der Waals surface area contributed by atoms with Crippen molar-refractivity contribution in [1.29, 1.82) is 0 Å². The van der Waals surface area contributed by atoms with E-state index in [1.54, 1.807) is 7.63 Å². The Morgan fingerprint density at radius 1 is 1.33 bits per heavy atom. The Balaban J connectivity index is 2.59. The summed E-state index contributed by atoms with van der Waals surface area (Å²) in [7, 11) is -0.990. The maximum atomic E-state index is 2.44. The van der Waals surface area contributed by atoms with Gasteiger partial charge in [0, 0.05) is 0 Å². The zero-order valence-corrected chi connectivity index (χ0v) is 11.1. The van der Waals surface area contributed by atoms with Crippen LogP contribution in [0.1, 0.15) is 0 Å². The van der Waals surface area contributed by atoms with E-state index in [-0.39, 0.29) is 0 Å². The molecule has 0 unspecified atom stereocenters. The van der Waals surface area contributed by atoms with Crippen LogP contribution in [-0.2, 0) is 0 Å². The number of rotatable bonds is 1. The van der Waals surface area contributed by atoms with Crippen LogP contribution in [0.5, 0.6) is 0 Å². The molecule has 0 saturated heterocycles. The SMILES string of the molecule is C[Si](C)(C)c1cc2ccsc2[se]1. The molecule has 2 aromatic rings. The summed E-state index contributed by atoms with van der Waals surface area (Å²) in [5.74, 6) is 0. The van der Waals surface area contributed by atoms with Crippen LogP contribution in [0.3, 0.4) is 0 Å². The van der Waals surface area contributed by atoms with E-state index in [1.807, 2.05) is 11.3 Å². The Labute approximate surface area is 84.0 Å². The van der Waals surface area contributed by atoms with E-state index in [0.717, 1.165) is 0 Å². The van der Waals surface area contributed by atoms with E-state index in [4.69, 9.17) is 0 Å². The van der Waals surface area contributed by atoms with Crippen molar-refractivity contribution in [2.45, 2.75) is 19.6 Å². The Kier molecular flexibility index (Phi) is 2.08. The average molecular weight is 259 g/mol. The molecule has 0 aliphatic carbocycles. The molecule has 0 spiro atoms. The standard InChI is InChI=1S/C9H12SSeSi/c1-12(2,3)8-6-7-4-5-10-9(7)11-8/h4-6H,1-3H3. The average Bonchev–Trinajstić information content (AvgIpc) is 2.37. The summed E-state index contributed by atoms with van der Waals surface area (Å²) < 4.78 is 3.41. The van der Waals surface area contributed by atoms with Crippen LogP contribution in [0.2, 0.25) is 19.6 Å². The van der Waals surface area contributed by atoms with Gasteiger partial charge >= 0.3 is 84.1 Å². The second kappa shape index (κ2) is 2.84. The quantitative estimate of drug-likeness (QED) is 0.690. The van der Waals surface area contributed by atoms with Gasteiger partial charge < -0.3 is 0 Å². The summed E-state index contributed by atoms with van der Waals surface area (Å²) in [5, 5.41) is 3.72. The molecule has 0 aromatic carbocycles. The summed E-state index contributed by atoms with van der Waals surface area (Å²) in [6.07, 6.45) is 0. The van der Waals surface area contributed by atoms with Gasteiger partial charge in [-0.05, 0) is 0 Å². The number of thiophene rings is 1. The summed E-state index contributed by atoms with van der Waals surface area (Å²) in [5.41, 5.74) is 0. The fourth-order valence-corrected chi connectivity index (χ4v) is 7.96. The molecule has 2 heterocycles. The molecular formula is C9H12SSeSi. The van der Waals surface area contributed by atoms with Crippen LogP contribution < -0.4 is 4.06 Å². The molecule has 0 radical (unpaired) electrons. The molecule has 2 rings (SSSR count). The molecule has 0 nitrogen and oxygen atoms in total. The Morgan fingerprint density at radius 2 is 2.08 bits per heavy atom. The van der Waals surface area contributed by atoms with E-state index in [2.05, 4.69) is 37.2 Å². The van der Waals surface area contributed by atoms with E-state index < -0.39 is 8.07 Å². The number of fused-ring (bicyclic) bond motifs is 1.